The molecule has 2 aliphatic heterocycles. The zero-order valence-corrected chi connectivity index (χ0v) is 23.3. The normalized spacial score (nSPS) is 19.1. The molecule has 3 fully saturated rings. The van der Waals surface area contributed by atoms with E-state index in [1.807, 2.05) is 28.4 Å². The van der Waals surface area contributed by atoms with Crippen molar-refractivity contribution in [2.45, 2.75) is 57.4 Å². The number of benzene rings is 1. The van der Waals surface area contributed by atoms with Gasteiger partial charge in [0, 0.05) is 32.2 Å². The number of carbonyl (C=O) groups excluding carboxylic acids is 1. The van der Waals surface area contributed by atoms with Crippen LogP contribution in [0.15, 0.2) is 23.6 Å². The molecule has 0 atom stereocenters. The minimum Gasteiger partial charge on any atom is -0.494 e. The number of carbonyl (C=O) groups is 1. The van der Waals surface area contributed by atoms with Crippen molar-refractivity contribution in [3.05, 3.63) is 34.7 Å². The van der Waals surface area contributed by atoms with Gasteiger partial charge in [-0.1, -0.05) is 0 Å². The van der Waals surface area contributed by atoms with Crippen LogP contribution in [0, 0.1) is 5.92 Å². The first-order valence-corrected chi connectivity index (χ1v) is 15.2. The van der Waals surface area contributed by atoms with Gasteiger partial charge in [-0.15, -0.1) is 11.3 Å². The Balaban J connectivity index is 1.35. The molecule has 0 unspecified atom stereocenters. The number of piperidine rings is 2. The van der Waals surface area contributed by atoms with E-state index in [0.717, 1.165) is 68.3 Å². The molecular weight excluding hydrogens is 494 g/mol. The van der Waals surface area contributed by atoms with Gasteiger partial charge in [0.15, 0.2) is 5.82 Å². The number of amides is 1. The number of rotatable bonds is 6. The monoisotopic (exact) mass is 531 g/mol. The van der Waals surface area contributed by atoms with Crippen molar-refractivity contribution in [2.75, 3.05) is 33.3 Å². The van der Waals surface area contributed by atoms with Gasteiger partial charge in [-0.2, -0.15) is 0 Å². The molecule has 1 N–H and O–H groups in total. The fourth-order valence-electron chi connectivity index (χ4n) is 6.55. The SMILES string of the molecule is COc1cc(C(=O)N2CCCCC2)cc2nc(-c3cc4scc(C5CCNCC5)c4n3CC3CC3)n(C)c12. The van der Waals surface area contributed by atoms with Gasteiger partial charge in [-0.3, -0.25) is 4.79 Å². The van der Waals surface area contributed by atoms with E-state index < -0.39 is 0 Å². The van der Waals surface area contributed by atoms with E-state index in [0.29, 0.717) is 17.2 Å². The number of nitrogens with zero attached hydrogens (tertiary/aromatic N) is 4. The lowest BCUT2D eigenvalue weighted by Crippen LogP contribution is -2.35. The van der Waals surface area contributed by atoms with Gasteiger partial charge in [-0.05, 0) is 99.0 Å². The van der Waals surface area contributed by atoms with E-state index in [9.17, 15) is 4.79 Å². The molecule has 0 radical (unpaired) electrons. The molecule has 38 heavy (non-hydrogen) atoms. The Kier molecular flexibility index (Phi) is 6.20. The Hall–Kier alpha value is -2.84. The Morgan fingerprint density at radius 1 is 1.08 bits per heavy atom. The molecule has 3 aromatic heterocycles. The highest BCUT2D eigenvalue weighted by atomic mass is 32.1. The maximum Gasteiger partial charge on any atom is 0.254 e. The summed E-state index contributed by atoms with van der Waals surface area (Å²) in [6.07, 6.45) is 8.38. The fourth-order valence-corrected chi connectivity index (χ4v) is 7.63. The highest BCUT2D eigenvalue weighted by Crippen LogP contribution is 2.43. The first-order valence-electron chi connectivity index (χ1n) is 14.3. The maximum atomic E-state index is 13.4. The molecule has 4 aromatic rings. The van der Waals surface area contributed by atoms with Crippen molar-refractivity contribution < 1.29 is 9.53 Å². The van der Waals surface area contributed by atoms with Gasteiger partial charge >= 0.3 is 0 Å². The molecule has 1 aromatic carbocycles. The first kappa shape index (κ1) is 24.2. The number of thiophene rings is 1. The summed E-state index contributed by atoms with van der Waals surface area (Å²) in [6.45, 7) is 4.91. The predicted molar refractivity (Wildman–Crippen MR) is 153 cm³/mol. The molecule has 0 bridgehead atoms. The fraction of sp³-hybridized carbons (Fsp3) is 0.533. The summed E-state index contributed by atoms with van der Waals surface area (Å²) >= 11 is 1.87. The van der Waals surface area contributed by atoms with Crippen molar-refractivity contribution in [1.82, 2.24) is 24.3 Å². The van der Waals surface area contributed by atoms with Crippen LogP contribution in [0.1, 0.15) is 66.8 Å². The van der Waals surface area contributed by atoms with Crippen LogP contribution in [0.2, 0.25) is 0 Å². The summed E-state index contributed by atoms with van der Waals surface area (Å²) in [5.74, 6) is 3.11. The lowest BCUT2D eigenvalue weighted by Gasteiger charge is -2.26. The van der Waals surface area contributed by atoms with Crippen molar-refractivity contribution >= 4 is 38.5 Å². The molecular formula is C30H37N5O2S. The number of aromatic nitrogens is 3. The van der Waals surface area contributed by atoms with Crippen LogP contribution in [-0.2, 0) is 13.6 Å². The third-order valence-electron chi connectivity index (χ3n) is 8.84. The molecule has 1 aliphatic carbocycles. The van der Waals surface area contributed by atoms with Gasteiger partial charge < -0.3 is 24.1 Å². The minimum absolute atomic E-state index is 0.0846. The Morgan fingerprint density at radius 2 is 1.87 bits per heavy atom. The number of hydrogen-bond acceptors (Lipinski definition) is 5. The van der Waals surface area contributed by atoms with Crippen LogP contribution in [-0.4, -0.2) is 58.2 Å². The van der Waals surface area contributed by atoms with Gasteiger partial charge in [0.1, 0.15) is 11.3 Å². The van der Waals surface area contributed by atoms with Gasteiger partial charge in [0.05, 0.1) is 28.5 Å². The second kappa shape index (κ2) is 9.72. The first-order chi connectivity index (χ1) is 18.6. The second-order valence-electron chi connectivity index (χ2n) is 11.4. The number of ether oxygens (including phenoxy) is 1. The van der Waals surface area contributed by atoms with E-state index in [-0.39, 0.29) is 5.91 Å². The van der Waals surface area contributed by atoms with Gasteiger partial charge in [-0.25, -0.2) is 4.98 Å². The Labute approximate surface area is 227 Å². The number of likely N-dealkylation sites (tertiary alicyclic amines) is 1. The standard InChI is InChI=1S/C30H37N5O2S/c1-33-28-23(14-21(15-25(28)37-2)30(36)34-12-4-3-5-13-34)32-29(33)24-16-26-27(35(24)17-19-6-7-19)22(18-38-26)20-8-10-31-11-9-20/h14-16,18-20,31H,3-13,17H2,1-2H3. The average molecular weight is 532 g/mol. The number of aryl methyl sites for hydroxylation is 1. The van der Waals surface area contributed by atoms with Crippen LogP contribution in [0.4, 0.5) is 0 Å². The van der Waals surface area contributed by atoms with Crippen molar-refractivity contribution in [1.29, 1.82) is 0 Å². The van der Waals surface area contributed by atoms with Crippen LogP contribution >= 0.6 is 11.3 Å². The molecule has 7 nitrogen and oxygen atoms in total. The van der Waals surface area contributed by atoms with E-state index in [1.165, 1.54) is 53.6 Å². The smallest absolute Gasteiger partial charge is 0.254 e. The number of imidazole rings is 1. The number of fused-ring (bicyclic) bond motifs is 2. The topological polar surface area (TPSA) is 64.3 Å². The van der Waals surface area contributed by atoms with E-state index in [1.54, 1.807) is 7.11 Å². The van der Waals surface area contributed by atoms with Crippen LogP contribution in [0.3, 0.4) is 0 Å². The zero-order chi connectivity index (χ0) is 25.8. The largest absolute Gasteiger partial charge is 0.494 e. The maximum absolute atomic E-state index is 13.4. The van der Waals surface area contributed by atoms with E-state index >= 15 is 0 Å². The number of nitrogens with one attached hydrogen (secondary N) is 1. The van der Waals surface area contributed by atoms with Crippen LogP contribution < -0.4 is 10.1 Å². The molecule has 8 heteroatoms. The van der Waals surface area contributed by atoms with Crippen molar-refractivity contribution in [3.8, 4) is 17.3 Å². The lowest BCUT2D eigenvalue weighted by molar-refractivity contribution is 0.0724. The lowest BCUT2D eigenvalue weighted by atomic mass is 9.91. The van der Waals surface area contributed by atoms with E-state index in [4.69, 9.17) is 9.72 Å². The van der Waals surface area contributed by atoms with Gasteiger partial charge in [0.25, 0.3) is 5.91 Å². The number of hydrogen-bond donors (Lipinski definition) is 1. The summed E-state index contributed by atoms with van der Waals surface area (Å²) in [5.41, 5.74) is 6.55. The zero-order valence-electron chi connectivity index (χ0n) is 22.5. The molecule has 3 aliphatic rings. The average Bonchev–Trinajstić information content (AvgIpc) is 3.45. The Bertz CT molecular complexity index is 1500. The summed E-state index contributed by atoms with van der Waals surface area (Å²) in [6, 6.07) is 6.22. The molecule has 200 valence electrons. The Morgan fingerprint density at radius 3 is 2.61 bits per heavy atom. The van der Waals surface area contributed by atoms with Gasteiger partial charge in [0.2, 0.25) is 0 Å². The minimum atomic E-state index is 0.0846. The van der Waals surface area contributed by atoms with Crippen molar-refractivity contribution in [2.24, 2.45) is 13.0 Å². The number of methoxy groups -OCH3 is 1. The summed E-state index contributed by atoms with van der Waals surface area (Å²) < 4.78 is 11.9. The molecule has 7 rings (SSSR count). The highest BCUT2D eigenvalue weighted by Gasteiger charge is 2.29. The van der Waals surface area contributed by atoms with E-state index in [2.05, 4.69) is 32.9 Å². The quantitative estimate of drug-likeness (QED) is 0.343. The summed E-state index contributed by atoms with van der Waals surface area (Å²) in [5, 5.41) is 5.93. The highest BCUT2D eigenvalue weighted by molar-refractivity contribution is 7.17. The molecule has 2 saturated heterocycles. The van der Waals surface area contributed by atoms with Crippen molar-refractivity contribution in [3.63, 3.8) is 0 Å². The molecule has 5 heterocycles. The van der Waals surface area contributed by atoms with Crippen LogP contribution in [0.25, 0.3) is 32.8 Å². The predicted octanol–water partition coefficient (Wildman–Crippen LogP) is 5.77. The summed E-state index contributed by atoms with van der Waals surface area (Å²) in [7, 11) is 3.77. The molecule has 0 spiro atoms. The molecule has 1 amide bonds. The van der Waals surface area contributed by atoms with Crippen LogP contribution in [0.5, 0.6) is 5.75 Å². The third-order valence-corrected chi connectivity index (χ3v) is 9.78. The third kappa shape index (κ3) is 4.13. The second-order valence-corrected chi connectivity index (χ2v) is 12.3. The molecule has 1 saturated carbocycles. The summed E-state index contributed by atoms with van der Waals surface area (Å²) in [4.78, 5) is 20.5.